The summed E-state index contributed by atoms with van der Waals surface area (Å²) in [5.74, 6) is -1.30. The number of sulfonamides is 1. The van der Waals surface area contributed by atoms with E-state index in [0.29, 0.717) is 5.56 Å². The molecule has 1 amide bonds. The Morgan fingerprint density at radius 2 is 1.87 bits per heavy atom. The number of carbonyl (C=O) groups excluding carboxylic acids is 2. The topological polar surface area (TPSA) is 92.8 Å². The van der Waals surface area contributed by atoms with E-state index in [1.54, 1.807) is 25.1 Å². The summed E-state index contributed by atoms with van der Waals surface area (Å²) in [6.07, 6.45) is 0. The summed E-state index contributed by atoms with van der Waals surface area (Å²) in [5, 5.41) is 3.58. The molecule has 2 aromatic carbocycles. The van der Waals surface area contributed by atoms with Gasteiger partial charge in [-0.25, -0.2) is 17.5 Å². The first-order valence-corrected chi connectivity index (χ1v) is 11.4. The minimum absolute atomic E-state index is 0.0827. The van der Waals surface area contributed by atoms with Crippen LogP contribution in [0.4, 0.5) is 5.69 Å². The molecule has 0 aliphatic heterocycles. The molecule has 1 aromatic heterocycles. The van der Waals surface area contributed by atoms with Crippen LogP contribution in [0.15, 0.2) is 47.4 Å². The number of carbonyl (C=O) groups is 2. The smallest absolute Gasteiger partial charge is 0.350 e. The fourth-order valence-corrected chi connectivity index (χ4v) is 5.24. The van der Waals surface area contributed by atoms with Crippen LogP contribution in [0.2, 0.25) is 5.02 Å². The first kappa shape index (κ1) is 22.2. The molecule has 0 bridgehead atoms. The second kappa shape index (κ2) is 8.73. The van der Waals surface area contributed by atoms with Crippen molar-refractivity contribution in [2.24, 2.45) is 0 Å². The van der Waals surface area contributed by atoms with Crippen LogP contribution in [0.1, 0.15) is 15.2 Å². The Labute approximate surface area is 183 Å². The summed E-state index contributed by atoms with van der Waals surface area (Å²) >= 11 is 7.43. The molecule has 7 nitrogen and oxygen atoms in total. The monoisotopic (exact) mass is 466 g/mol. The van der Waals surface area contributed by atoms with Crippen LogP contribution >= 0.6 is 22.9 Å². The van der Waals surface area contributed by atoms with E-state index < -0.39 is 28.5 Å². The molecule has 0 saturated heterocycles. The van der Waals surface area contributed by atoms with E-state index in [0.717, 1.165) is 14.4 Å². The number of nitrogens with one attached hydrogen (secondary N) is 1. The Morgan fingerprint density at radius 1 is 1.17 bits per heavy atom. The Balaban J connectivity index is 1.69. The summed E-state index contributed by atoms with van der Waals surface area (Å²) in [7, 11) is -0.803. The number of esters is 1. The van der Waals surface area contributed by atoms with Crippen LogP contribution in [0, 0.1) is 6.92 Å². The molecule has 1 heterocycles. The molecule has 30 heavy (non-hydrogen) atoms. The van der Waals surface area contributed by atoms with Crippen molar-refractivity contribution in [3.63, 3.8) is 0 Å². The highest BCUT2D eigenvalue weighted by Gasteiger charge is 2.21. The average Bonchev–Trinajstić information content (AvgIpc) is 3.04. The zero-order chi connectivity index (χ0) is 22.1. The SMILES string of the molecule is Cc1ccc(NC(=O)COC(=O)c2sc3ccccc3c2Cl)cc1S(=O)(=O)N(C)C. The molecular formula is C20H19ClN2O5S2. The lowest BCUT2D eigenvalue weighted by Gasteiger charge is -2.15. The molecule has 0 fully saturated rings. The first-order valence-electron chi connectivity index (χ1n) is 8.78. The third-order valence-corrected chi connectivity index (χ3v) is 7.90. The number of rotatable bonds is 6. The minimum Gasteiger partial charge on any atom is -0.451 e. The van der Waals surface area contributed by atoms with Gasteiger partial charge in [0.25, 0.3) is 5.91 Å². The predicted molar refractivity (Wildman–Crippen MR) is 118 cm³/mol. The van der Waals surface area contributed by atoms with E-state index in [1.807, 2.05) is 18.2 Å². The molecular weight excluding hydrogens is 448 g/mol. The van der Waals surface area contributed by atoms with Crippen molar-refractivity contribution in [3.05, 3.63) is 57.9 Å². The lowest BCUT2D eigenvalue weighted by molar-refractivity contribution is -0.119. The van der Waals surface area contributed by atoms with Crippen molar-refractivity contribution in [1.82, 2.24) is 4.31 Å². The van der Waals surface area contributed by atoms with Crippen molar-refractivity contribution in [2.75, 3.05) is 26.0 Å². The van der Waals surface area contributed by atoms with Gasteiger partial charge in [0, 0.05) is 29.9 Å². The first-order chi connectivity index (χ1) is 14.1. The van der Waals surface area contributed by atoms with Crippen molar-refractivity contribution in [1.29, 1.82) is 0 Å². The molecule has 3 aromatic rings. The summed E-state index contributed by atoms with van der Waals surface area (Å²) in [4.78, 5) is 24.8. The van der Waals surface area contributed by atoms with Crippen LogP contribution < -0.4 is 5.32 Å². The lowest BCUT2D eigenvalue weighted by atomic mass is 10.2. The van der Waals surface area contributed by atoms with Gasteiger partial charge in [-0.2, -0.15) is 0 Å². The fourth-order valence-electron chi connectivity index (χ4n) is 2.69. The van der Waals surface area contributed by atoms with E-state index in [2.05, 4.69) is 5.32 Å². The molecule has 0 atom stereocenters. The molecule has 158 valence electrons. The number of benzene rings is 2. The zero-order valence-electron chi connectivity index (χ0n) is 16.4. The number of hydrogen-bond acceptors (Lipinski definition) is 6. The summed E-state index contributed by atoms with van der Waals surface area (Å²) < 4.78 is 31.8. The quantitative estimate of drug-likeness (QED) is 0.556. The Bertz CT molecular complexity index is 1240. The fraction of sp³-hybridized carbons (Fsp3) is 0.200. The number of nitrogens with zero attached hydrogens (tertiary/aromatic N) is 1. The Hall–Kier alpha value is -2.46. The van der Waals surface area contributed by atoms with E-state index in [1.165, 1.54) is 31.5 Å². The molecule has 10 heteroatoms. The highest BCUT2D eigenvalue weighted by Crippen LogP contribution is 2.35. The number of aryl methyl sites for hydroxylation is 1. The number of amides is 1. The zero-order valence-corrected chi connectivity index (χ0v) is 18.8. The highest BCUT2D eigenvalue weighted by atomic mass is 35.5. The third-order valence-electron chi connectivity index (χ3n) is 4.29. The van der Waals surface area contributed by atoms with Crippen LogP contribution in [0.5, 0.6) is 0 Å². The number of hydrogen-bond donors (Lipinski definition) is 1. The van der Waals surface area contributed by atoms with Gasteiger partial charge in [0.2, 0.25) is 10.0 Å². The van der Waals surface area contributed by atoms with E-state index in [-0.39, 0.29) is 20.5 Å². The number of ether oxygens (including phenoxy) is 1. The highest BCUT2D eigenvalue weighted by molar-refractivity contribution is 7.89. The van der Waals surface area contributed by atoms with Crippen LogP contribution in [0.25, 0.3) is 10.1 Å². The maximum atomic E-state index is 12.4. The maximum Gasteiger partial charge on any atom is 0.350 e. The van der Waals surface area contributed by atoms with Gasteiger partial charge in [0.1, 0.15) is 4.88 Å². The maximum absolute atomic E-state index is 12.4. The van der Waals surface area contributed by atoms with Gasteiger partial charge < -0.3 is 10.1 Å². The van der Waals surface area contributed by atoms with Crippen molar-refractivity contribution >= 4 is 60.6 Å². The molecule has 1 N–H and O–H groups in total. The van der Waals surface area contributed by atoms with Gasteiger partial charge in [-0.1, -0.05) is 35.9 Å². The Morgan fingerprint density at radius 3 is 2.53 bits per heavy atom. The molecule has 0 radical (unpaired) electrons. The van der Waals surface area contributed by atoms with E-state index in [4.69, 9.17) is 16.3 Å². The van der Waals surface area contributed by atoms with E-state index in [9.17, 15) is 18.0 Å². The summed E-state index contributed by atoms with van der Waals surface area (Å²) in [6.45, 7) is 1.13. The van der Waals surface area contributed by atoms with Gasteiger partial charge in [-0.05, 0) is 30.7 Å². The molecule has 0 aliphatic carbocycles. The van der Waals surface area contributed by atoms with Crippen LogP contribution in [-0.4, -0.2) is 45.3 Å². The second-order valence-corrected chi connectivity index (χ2v) is 10.2. The number of thiophene rings is 1. The average molecular weight is 467 g/mol. The normalized spacial score (nSPS) is 11.6. The minimum atomic E-state index is -3.66. The molecule has 0 aliphatic rings. The summed E-state index contributed by atoms with van der Waals surface area (Å²) in [5.41, 5.74) is 0.828. The van der Waals surface area contributed by atoms with Gasteiger partial charge in [-0.3, -0.25) is 4.79 Å². The van der Waals surface area contributed by atoms with Gasteiger partial charge >= 0.3 is 5.97 Å². The molecule has 0 unspecified atom stereocenters. The van der Waals surface area contributed by atoms with Gasteiger partial charge in [-0.15, -0.1) is 11.3 Å². The summed E-state index contributed by atoms with van der Waals surface area (Å²) in [6, 6.07) is 11.8. The largest absolute Gasteiger partial charge is 0.451 e. The number of halogens is 1. The predicted octanol–water partition coefficient (Wildman–Crippen LogP) is 3.91. The van der Waals surface area contributed by atoms with Crippen molar-refractivity contribution in [3.8, 4) is 0 Å². The van der Waals surface area contributed by atoms with Crippen molar-refractivity contribution in [2.45, 2.75) is 11.8 Å². The standard InChI is InChI=1S/C20H19ClN2O5S2/c1-12-8-9-13(10-16(12)30(26,27)23(2)3)22-17(24)11-28-20(25)19-18(21)14-6-4-5-7-15(14)29-19/h4-10H,11H2,1-3H3,(H,22,24). The number of fused-ring (bicyclic) bond motifs is 1. The van der Waals surface area contributed by atoms with Gasteiger partial charge in [0.15, 0.2) is 6.61 Å². The van der Waals surface area contributed by atoms with Crippen LogP contribution in [-0.2, 0) is 19.6 Å². The molecule has 0 spiro atoms. The van der Waals surface area contributed by atoms with Gasteiger partial charge in [0.05, 0.1) is 9.92 Å². The molecule has 3 rings (SSSR count). The van der Waals surface area contributed by atoms with E-state index >= 15 is 0 Å². The lowest BCUT2D eigenvalue weighted by Crippen LogP contribution is -2.24. The van der Waals surface area contributed by atoms with Crippen LogP contribution in [0.3, 0.4) is 0 Å². The third kappa shape index (κ3) is 4.49. The second-order valence-electron chi connectivity index (χ2n) is 6.63. The molecule has 0 saturated carbocycles. The van der Waals surface area contributed by atoms with Crippen molar-refractivity contribution < 1.29 is 22.7 Å². The number of anilines is 1. The Kier molecular flexibility index (Phi) is 6.47.